The minimum Gasteiger partial charge on any atom is -0.384 e. The summed E-state index contributed by atoms with van der Waals surface area (Å²) in [5.41, 5.74) is 4.43. The Kier molecular flexibility index (Phi) is 12.2. The maximum atomic E-state index is 13.7. The summed E-state index contributed by atoms with van der Waals surface area (Å²) in [5.74, 6) is -0.264. The molecule has 0 heterocycles. The third-order valence-corrected chi connectivity index (χ3v) is 3.86. The zero-order valence-corrected chi connectivity index (χ0v) is 17.2. The Labute approximate surface area is 164 Å². The molecule has 0 saturated carbocycles. The zero-order chi connectivity index (χ0) is 20.8. The molecule has 0 spiro atoms. The fourth-order valence-corrected chi connectivity index (χ4v) is 2.09. The molecule has 1 N–H and O–H groups in total. The van der Waals surface area contributed by atoms with Gasteiger partial charge in [-0.1, -0.05) is 51.0 Å². The first kappa shape index (κ1) is 24.3. The van der Waals surface area contributed by atoms with E-state index in [9.17, 15) is 4.39 Å². The molecule has 146 valence electrons. The topological polar surface area (TPSA) is 24.4 Å². The molecule has 0 radical (unpaired) electrons. The minimum atomic E-state index is -0.332. The van der Waals surface area contributed by atoms with Crippen LogP contribution in [-0.4, -0.2) is 19.3 Å². The Morgan fingerprint density at radius 3 is 2.26 bits per heavy atom. The van der Waals surface area contributed by atoms with Crippen LogP contribution in [0.25, 0.3) is 0 Å². The molecule has 0 saturated heterocycles. The summed E-state index contributed by atoms with van der Waals surface area (Å²) in [5, 5.41) is 3.39. The van der Waals surface area contributed by atoms with Crippen LogP contribution < -0.4 is 5.32 Å². The number of hydrogen-bond donors (Lipinski definition) is 1. The van der Waals surface area contributed by atoms with E-state index in [4.69, 9.17) is 0 Å². The number of rotatable bonds is 12. The van der Waals surface area contributed by atoms with E-state index in [1.165, 1.54) is 6.08 Å². The van der Waals surface area contributed by atoms with E-state index < -0.39 is 0 Å². The van der Waals surface area contributed by atoms with Gasteiger partial charge >= 0.3 is 0 Å². The molecular weight excluding hydrogens is 335 g/mol. The fraction of sp³-hybridized carbons (Fsp3) is 0.292. The first-order chi connectivity index (χ1) is 12.8. The van der Waals surface area contributed by atoms with Crippen molar-refractivity contribution in [1.82, 2.24) is 5.32 Å². The van der Waals surface area contributed by atoms with Gasteiger partial charge in [0.05, 0.1) is 6.54 Å². The highest BCUT2D eigenvalue weighted by Crippen LogP contribution is 2.16. The normalized spacial score (nSPS) is 15.2. The molecule has 2 nitrogen and oxygen atoms in total. The largest absolute Gasteiger partial charge is 0.384 e. The molecule has 1 unspecified atom stereocenters. The summed E-state index contributed by atoms with van der Waals surface area (Å²) >= 11 is 0. The molecule has 27 heavy (non-hydrogen) atoms. The van der Waals surface area contributed by atoms with Gasteiger partial charge < -0.3 is 5.32 Å². The lowest BCUT2D eigenvalue weighted by molar-refractivity contribution is 0.656. The molecule has 0 bridgehead atoms. The number of halogens is 1. The van der Waals surface area contributed by atoms with E-state index in [-0.39, 0.29) is 11.7 Å². The predicted molar refractivity (Wildman–Crippen MR) is 120 cm³/mol. The van der Waals surface area contributed by atoms with E-state index in [1.54, 1.807) is 25.3 Å². The third kappa shape index (κ3) is 10.1. The van der Waals surface area contributed by atoms with Gasteiger partial charge in [-0.25, -0.2) is 4.39 Å². The number of nitrogens with one attached hydrogen (secondary N) is 1. The summed E-state index contributed by atoms with van der Waals surface area (Å²) in [7, 11) is 0. The van der Waals surface area contributed by atoms with Gasteiger partial charge in [0.25, 0.3) is 0 Å². The smallest absolute Gasteiger partial charge is 0.125 e. The number of hydrogen-bond acceptors (Lipinski definition) is 2. The summed E-state index contributed by atoms with van der Waals surface area (Å²) in [6, 6.07) is 0. The highest BCUT2D eigenvalue weighted by atomic mass is 19.1. The van der Waals surface area contributed by atoms with E-state index in [0.717, 1.165) is 22.4 Å². The molecule has 1 atom stereocenters. The molecular formula is C24H33FN2. The van der Waals surface area contributed by atoms with E-state index in [2.05, 4.69) is 42.7 Å². The van der Waals surface area contributed by atoms with Crippen LogP contribution in [-0.2, 0) is 0 Å². The summed E-state index contributed by atoms with van der Waals surface area (Å²) in [6.45, 7) is 23.7. The first-order valence-electron chi connectivity index (χ1n) is 8.99. The molecule has 0 aliphatic heterocycles. The van der Waals surface area contributed by atoms with Crippen molar-refractivity contribution in [2.45, 2.75) is 27.7 Å². The van der Waals surface area contributed by atoms with E-state index >= 15 is 0 Å². The quantitative estimate of drug-likeness (QED) is 0.240. The average Bonchev–Trinajstić information content (AvgIpc) is 2.66. The van der Waals surface area contributed by atoms with Gasteiger partial charge in [0.15, 0.2) is 0 Å². The van der Waals surface area contributed by atoms with Gasteiger partial charge in [-0.2, -0.15) is 0 Å². The second-order valence-electron chi connectivity index (χ2n) is 6.32. The van der Waals surface area contributed by atoms with Crippen molar-refractivity contribution in [2.24, 2.45) is 10.9 Å². The Hall–Kier alpha value is -2.68. The van der Waals surface area contributed by atoms with Crippen LogP contribution >= 0.6 is 0 Å². The first-order valence-corrected chi connectivity index (χ1v) is 8.99. The second-order valence-corrected chi connectivity index (χ2v) is 6.32. The van der Waals surface area contributed by atoms with Crippen molar-refractivity contribution in [3.63, 3.8) is 0 Å². The van der Waals surface area contributed by atoms with Crippen molar-refractivity contribution < 1.29 is 4.39 Å². The Morgan fingerprint density at radius 1 is 1.11 bits per heavy atom. The lowest BCUT2D eigenvalue weighted by Gasteiger charge is -2.16. The van der Waals surface area contributed by atoms with Gasteiger partial charge in [-0.05, 0) is 55.2 Å². The van der Waals surface area contributed by atoms with Gasteiger partial charge in [-0.15, -0.1) is 6.58 Å². The maximum absolute atomic E-state index is 13.7. The number of nitrogens with zero attached hydrogens (tertiary/aromatic N) is 1. The van der Waals surface area contributed by atoms with Gasteiger partial charge in [0.1, 0.15) is 5.83 Å². The van der Waals surface area contributed by atoms with Crippen LogP contribution in [0.1, 0.15) is 27.7 Å². The molecule has 3 heteroatoms. The Bertz CT molecular complexity index is 700. The summed E-state index contributed by atoms with van der Waals surface area (Å²) in [4.78, 5) is 4.34. The fourth-order valence-electron chi connectivity index (χ4n) is 2.09. The van der Waals surface area contributed by atoms with Crippen molar-refractivity contribution in [1.29, 1.82) is 0 Å². The highest BCUT2D eigenvalue weighted by molar-refractivity contribution is 5.76. The summed E-state index contributed by atoms with van der Waals surface area (Å²) < 4.78 is 13.7. The van der Waals surface area contributed by atoms with E-state index in [0.29, 0.717) is 18.7 Å². The zero-order valence-electron chi connectivity index (χ0n) is 17.2. The lowest BCUT2D eigenvalue weighted by atomic mass is 10.0. The van der Waals surface area contributed by atoms with Crippen LogP contribution in [0.5, 0.6) is 0 Å². The molecule has 0 aliphatic rings. The van der Waals surface area contributed by atoms with Gasteiger partial charge in [0, 0.05) is 24.4 Å². The van der Waals surface area contributed by atoms with Crippen LogP contribution in [0, 0.1) is 5.92 Å². The van der Waals surface area contributed by atoms with Crippen LogP contribution in [0.15, 0.2) is 102 Å². The molecule has 0 aromatic heterocycles. The molecule has 0 aromatic carbocycles. The molecule has 0 amide bonds. The summed E-state index contributed by atoms with van der Waals surface area (Å²) in [6.07, 6.45) is 12.5. The number of allylic oxidation sites excluding steroid dienone is 7. The number of aliphatic imine (C=N–C) groups is 1. The Morgan fingerprint density at radius 2 is 1.78 bits per heavy atom. The van der Waals surface area contributed by atoms with Crippen molar-refractivity contribution >= 4 is 6.21 Å². The predicted octanol–water partition coefficient (Wildman–Crippen LogP) is 6.42. The molecule has 0 rings (SSSR count). The monoisotopic (exact) mass is 368 g/mol. The maximum Gasteiger partial charge on any atom is 0.125 e. The standard InChI is InChI=1S/C24H33FN2/c1-9-19(7)24(13-20(8)23(25)12-4)27-17-22(11-3)14-21(10-2)16-26-15-18(5)6/h9-15,19,27H,1-2,4-5,16-17H2,3,6-8H3/b21-14+,22-11+,23-20+,24-13+,26-15?. The van der Waals surface area contributed by atoms with Gasteiger partial charge in [-0.3, -0.25) is 4.99 Å². The van der Waals surface area contributed by atoms with Crippen molar-refractivity contribution in [2.75, 3.05) is 13.1 Å². The highest BCUT2D eigenvalue weighted by Gasteiger charge is 2.07. The van der Waals surface area contributed by atoms with Crippen molar-refractivity contribution in [3.8, 4) is 0 Å². The average molecular weight is 369 g/mol. The Balaban J connectivity index is 5.37. The van der Waals surface area contributed by atoms with Crippen LogP contribution in [0.2, 0.25) is 0 Å². The van der Waals surface area contributed by atoms with Crippen molar-refractivity contribution in [3.05, 3.63) is 96.6 Å². The molecule has 0 aliphatic carbocycles. The lowest BCUT2D eigenvalue weighted by Crippen LogP contribution is -2.20. The molecule has 0 fully saturated rings. The van der Waals surface area contributed by atoms with E-state index in [1.807, 2.05) is 32.9 Å². The van der Waals surface area contributed by atoms with Crippen LogP contribution in [0.4, 0.5) is 4.39 Å². The SMILES string of the molecule is C=C/C(=C\C(=C/C)CN/C(=C/C(C)=C(/F)C=C)C(C)C=C)CN=CC(=C)C. The minimum absolute atomic E-state index is 0.0682. The van der Waals surface area contributed by atoms with Crippen LogP contribution in [0.3, 0.4) is 0 Å². The van der Waals surface area contributed by atoms with Gasteiger partial charge in [0.2, 0.25) is 0 Å². The second kappa shape index (κ2) is 13.5. The molecule has 0 aromatic rings. The third-order valence-electron chi connectivity index (χ3n) is 3.86.